The second-order valence-electron chi connectivity index (χ2n) is 6.01. The van der Waals surface area contributed by atoms with E-state index in [9.17, 15) is 9.90 Å². The number of amides is 1. The van der Waals surface area contributed by atoms with Gasteiger partial charge in [0.15, 0.2) is 5.84 Å². The molecule has 8 heteroatoms. The summed E-state index contributed by atoms with van der Waals surface area (Å²) in [6.07, 6.45) is -0.444. The number of nitrogens with two attached hydrogens (primary N) is 1. The number of likely N-dealkylation sites (tertiary alicyclic amines) is 1. The highest BCUT2D eigenvalue weighted by Gasteiger charge is 2.41. The number of oxime groups is 1. The van der Waals surface area contributed by atoms with Gasteiger partial charge in [-0.05, 0) is 12.8 Å². The summed E-state index contributed by atoms with van der Waals surface area (Å²) in [5, 5.41) is 25.5. The van der Waals surface area contributed by atoms with Crippen molar-refractivity contribution in [3.05, 3.63) is 17.5 Å². The van der Waals surface area contributed by atoms with Crippen LogP contribution in [0.15, 0.2) is 15.7 Å². The third kappa shape index (κ3) is 3.06. The normalized spacial score (nSPS) is 24.0. The van der Waals surface area contributed by atoms with Crippen molar-refractivity contribution in [3.8, 4) is 0 Å². The van der Waals surface area contributed by atoms with Crippen molar-refractivity contribution in [1.82, 2.24) is 10.1 Å². The molecule has 1 saturated heterocycles. The fourth-order valence-electron chi connectivity index (χ4n) is 2.85. The Balaban J connectivity index is 2.30. The number of aryl methyl sites for hydroxylation is 1. The topological polar surface area (TPSA) is 125 Å². The zero-order chi connectivity index (χ0) is 16.4. The van der Waals surface area contributed by atoms with Gasteiger partial charge in [0.2, 0.25) is 5.91 Å². The van der Waals surface area contributed by atoms with Crippen LogP contribution in [0.1, 0.15) is 37.6 Å². The first-order valence-electron chi connectivity index (χ1n) is 7.24. The third-order valence-corrected chi connectivity index (χ3v) is 3.90. The average Bonchev–Trinajstić information content (AvgIpc) is 3.04. The summed E-state index contributed by atoms with van der Waals surface area (Å²) in [5.74, 6) is -0.372. The van der Waals surface area contributed by atoms with Gasteiger partial charge in [0.1, 0.15) is 11.7 Å². The fourth-order valence-corrected chi connectivity index (χ4v) is 2.85. The van der Waals surface area contributed by atoms with Crippen molar-refractivity contribution in [3.63, 3.8) is 0 Å². The van der Waals surface area contributed by atoms with E-state index in [4.69, 9.17) is 15.5 Å². The van der Waals surface area contributed by atoms with Crippen LogP contribution < -0.4 is 5.73 Å². The van der Waals surface area contributed by atoms with E-state index in [1.807, 2.05) is 13.8 Å². The van der Waals surface area contributed by atoms with Crippen molar-refractivity contribution >= 4 is 11.7 Å². The SMILES string of the molecule is Cc1cc(C(C(=O)N2CC(O)CC2/C(N)=N/O)C(C)C)on1. The van der Waals surface area contributed by atoms with Gasteiger partial charge in [0.25, 0.3) is 0 Å². The average molecular weight is 310 g/mol. The van der Waals surface area contributed by atoms with Gasteiger partial charge in [-0.15, -0.1) is 0 Å². The Morgan fingerprint density at radius 3 is 2.77 bits per heavy atom. The van der Waals surface area contributed by atoms with Crippen LogP contribution in [-0.2, 0) is 4.79 Å². The Kier molecular flexibility index (Phi) is 4.70. The summed E-state index contributed by atoms with van der Waals surface area (Å²) in [7, 11) is 0. The Bertz CT molecular complexity index is 569. The minimum atomic E-state index is -0.696. The molecule has 1 aromatic heterocycles. The van der Waals surface area contributed by atoms with E-state index in [2.05, 4.69) is 10.3 Å². The summed E-state index contributed by atoms with van der Waals surface area (Å²) in [6.45, 7) is 5.75. The minimum absolute atomic E-state index is 0.0227. The number of aliphatic hydroxyl groups excluding tert-OH is 1. The van der Waals surface area contributed by atoms with Gasteiger partial charge in [-0.2, -0.15) is 0 Å². The van der Waals surface area contributed by atoms with Crippen molar-refractivity contribution in [2.45, 2.75) is 45.3 Å². The number of amidine groups is 1. The molecule has 1 aromatic rings. The Morgan fingerprint density at radius 1 is 1.59 bits per heavy atom. The van der Waals surface area contributed by atoms with Gasteiger partial charge in [0, 0.05) is 19.0 Å². The number of carbonyl (C=O) groups excluding carboxylic acids is 1. The largest absolute Gasteiger partial charge is 0.409 e. The lowest BCUT2D eigenvalue weighted by molar-refractivity contribution is -0.134. The maximum absolute atomic E-state index is 12.9. The standard InChI is InChI=1S/C14H22N4O4/c1-7(2)12(11-4-8(3)17-22-11)14(20)18-6-9(19)5-10(18)13(15)16-21/h4,7,9-10,12,19,21H,5-6H2,1-3H3,(H2,15,16). The van der Waals surface area contributed by atoms with Crippen molar-refractivity contribution in [2.75, 3.05) is 6.54 Å². The highest BCUT2D eigenvalue weighted by atomic mass is 16.5. The zero-order valence-corrected chi connectivity index (χ0v) is 12.9. The molecule has 0 spiro atoms. The summed E-state index contributed by atoms with van der Waals surface area (Å²) < 4.78 is 5.25. The van der Waals surface area contributed by atoms with Gasteiger partial charge in [-0.3, -0.25) is 4.79 Å². The smallest absolute Gasteiger partial charge is 0.234 e. The predicted molar refractivity (Wildman–Crippen MR) is 78.4 cm³/mol. The van der Waals surface area contributed by atoms with Gasteiger partial charge in [0.05, 0.1) is 17.8 Å². The molecule has 0 saturated carbocycles. The molecule has 2 heterocycles. The lowest BCUT2D eigenvalue weighted by atomic mass is 9.91. The van der Waals surface area contributed by atoms with E-state index in [0.29, 0.717) is 11.5 Å². The second-order valence-corrected chi connectivity index (χ2v) is 6.01. The molecule has 0 bridgehead atoms. The van der Waals surface area contributed by atoms with Gasteiger partial charge >= 0.3 is 0 Å². The first kappa shape index (κ1) is 16.3. The first-order chi connectivity index (χ1) is 10.3. The van der Waals surface area contributed by atoms with Crippen molar-refractivity contribution in [1.29, 1.82) is 0 Å². The maximum atomic E-state index is 12.9. The van der Waals surface area contributed by atoms with Crippen LogP contribution >= 0.6 is 0 Å². The maximum Gasteiger partial charge on any atom is 0.234 e. The van der Waals surface area contributed by atoms with E-state index < -0.39 is 18.1 Å². The molecular formula is C14H22N4O4. The minimum Gasteiger partial charge on any atom is -0.409 e. The molecule has 3 atom stereocenters. The summed E-state index contributed by atoms with van der Waals surface area (Å²) in [6, 6.07) is 1.12. The molecule has 0 aromatic carbocycles. The molecule has 22 heavy (non-hydrogen) atoms. The monoisotopic (exact) mass is 310 g/mol. The number of hydrogen-bond acceptors (Lipinski definition) is 6. The zero-order valence-electron chi connectivity index (χ0n) is 12.9. The Morgan fingerprint density at radius 2 is 2.27 bits per heavy atom. The van der Waals surface area contributed by atoms with Crippen molar-refractivity contribution < 1.29 is 19.6 Å². The molecule has 0 aliphatic carbocycles. The highest BCUT2D eigenvalue weighted by molar-refractivity contribution is 5.92. The van der Waals surface area contributed by atoms with Gasteiger partial charge < -0.3 is 25.5 Å². The number of aliphatic hydroxyl groups is 1. The van der Waals surface area contributed by atoms with Crippen LogP contribution in [0.25, 0.3) is 0 Å². The molecule has 1 aliphatic rings. The lowest BCUT2D eigenvalue weighted by Crippen LogP contribution is -2.46. The fraction of sp³-hybridized carbons (Fsp3) is 0.643. The molecule has 4 N–H and O–H groups in total. The third-order valence-electron chi connectivity index (χ3n) is 3.90. The number of hydrogen-bond donors (Lipinski definition) is 3. The predicted octanol–water partition coefficient (Wildman–Crippen LogP) is 0.431. The van der Waals surface area contributed by atoms with Gasteiger partial charge in [-0.1, -0.05) is 24.2 Å². The van der Waals surface area contributed by atoms with E-state index in [1.165, 1.54) is 4.90 Å². The van der Waals surface area contributed by atoms with Crippen LogP contribution in [0.3, 0.4) is 0 Å². The van der Waals surface area contributed by atoms with Gasteiger partial charge in [-0.25, -0.2) is 0 Å². The number of rotatable bonds is 4. The first-order valence-corrected chi connectivity index (χ1v) is 7.24. The molecule has 8 nitrogen and oxygen atoms in total. The van der Waals surface area contributed by atoms with Crippen LogP contribution in [-0.4, -0.2) is 50.8 Å². The Labute approximate surface area is 128 Å². The number of carbonyl (C=O) groups is 1. The van der Waals surface area contributed by atoms with Crippen LogP contribution in [0.4, 0.5) is 0 Å². The molecule has 1 fully saturated rings. The number of β-amino-alcohol motifs (C(OH)–C–C–N with tert-alkyl or cyclic N) is 1. The lowest BCUT2D eigenvalue weighted by Gasteiger charge is -2.28. The molecule has 3 unspecified atom stereocenters. The van der Waals surface area contributed by atoms with Crippen LogP contribution in [0.2, 0.25) is 0 Å². The second kappa shape index (κ2) is 6.35. The van der Waals surface area contributed by atoms with E-state index in [1.54, 1.807) is 13.0 Å². The quantitative estimate of drug-likeness (QED) is 0.320. The molecule has 122 valence electrons. The Hall–Kier alpha value is -2.09. The molecule has 1 aliphatic heterocycles. The number of aromatic nitrogens is 1. The van der Waals surface area contributed by atoms with Crippen molar-refractivity contribution in [2.24, 2.45) is 16.8 Å². The summed E-state index contributed by atoms with van der Waals surface area (Å²) in [5.41, 5.74) is 6.34. The van der Waals surface area contributed by atoms with E-state index in [0.717, 1.165) is 0 Å². The van der Waals surface area contributed by atoms with E-state index >= 15 is 0 Å². The molecule has 1 amide bonds. The summed E-state index contributed by atoms with van der Waals surface area (Å²) >= 11 is 0. The number of nitrogens with zero attached hydrogens (tertiary/aromatic N) is 3. The molecule has 0 radical (unpaired) electrons. The van der Waals surface area contributed by atoms with E-state index in [-0.39, 0.29) is 30.6 Å². The highest BCUT2D eigenvalue weighted by Crippen LogP contribution is 2.30. The summed E-state index contributed by atoms with van der Waals surface area (Å²) in [4.78, 5) is 14.4. The molecule has 2 rings (SSSR count). The van der Waals surface area contributed by atoms with Crippen LogP contribution in [0, 0.1) is 12.8 Å². The molecular weight excluding hydrogens is 288 g/mol. The van der Waals surface area contributed by atoms with Crippen LogP contribution in [0.5, 0.6) is 0 Å².